The Hall–Kier alpha value is -2.88. The highest BCUT2D eigenvalue weighted by Gasteiger charge is 2.32. The first kappa shape index (κ1) is 18.5. The second-order valence-electron chi connectivity index (χ2n) is 6.82. The maximum Gasteiger partial charge on any atom is 0.346 e. The van der Waals surface area contributed by atoms with Crippen LogP contribution in [-0.4, -0.2) is 68.7 Å². The first-order valence-electron chi connectivity index (χ1n) is 9.48. The third-order valence-corrected chi connectivity index (χ3v) is 5.18. The van der Waals surface area contributed by atoms with Crippen molar-refractivity contribution in [3.63, 3.8) is 0 Å². The quantitative estimate of drug-likeness (QED) is 0.735. The van der Waals surface area contributed by atoms with Crippen molar-refractivity contribution in [3.05, 3.63) is 40.5 Å². The van der Waals surface area contributed by atoms with Crippen LogP contribution in [-0.2, 0) is 22.6 Å². The molecule has 2 aromatic rings. The monoisotopic (exact) mass is 389 g/mol. The van der Waals surface area contributed by atoms with Gasteiger partial charge in [0.25, 0.3) is 5.91 Å². The molecule has 2 aromatic heterocycles. The van der Waals surface area contributed by atoms with Crippen molar-refractivity contribution in [2.24, 2.45) is 0 Å². The second kappa shape index (κ2) is 7.63. The summed E-state index contributed by atoms with van der Waals surface area (Å²) in [5.41, 5.74) is -0.164. The van der Waals surface area contributed by atoms with Gasteiger partial charge in [-0.05, 0) is 19.1 Å². The van der Waals surface area contributed by atoms with Gasteiger partial charge >= 0.3 is 5.69 Å². The minimum atomic E-state index is -0.524. The Kier molecular flexibility index (Phi) is 5.03. The molecule has 0 N–H and O–H groups in total. The molecular formula is C18H23N5O5. The molecular weight excluding hydrogens is 366 g/mol. The number of hydrogen-bond donors (Lipinski definition) is 0. The molecule has 28 heavy (non-hydrogen) atoms. The zero-order valence-corrected chi connectivity index (χ0v) is 15.7. The fourth-order valence-electron chi connectivity index (χ4n) is 3.63. The summed E-state index contributed by atoms with van der Waals surface area (Å²) in [5, 5.41) is 4.32. The predicted octanol–water partition coefficient (Wildman–Crippen LogP) is 0.104. The molecule has 0 saturated carbocycles. The predicted molar refractivity (Wildman–Crippen MR) is 96.7 cm³/mol. The van der Waals surface area contributed by atoms with Gasteiger partial charge in [0.2, 0.25) is 5.91 Å². The third-order valence-electron chi connectivity index (χ3n) is 5.18. The van der Waals surface area contributed by atoms with Crippen LogP contribution in [0.1, 0.15) is 35.8 Å². The molecule has 2 aliphatic rings. The maximum absolute atomic E-state index is 12.7. The number of fused-ring (bicyclic) bond motifs is 1. The van der Waals surface area contributed by atoms with Crippen LogP contribution in [0.2, 0.25) is 0 Å². The minimum Gasteiger partial charge on any atom is -0.459 e. The van der Waals surface area contributed by atoms with Crippen LogP contribution >= 0.6 is 0 Å². The van der Waals surface area contributed by atoms with Crippen molar-refractivity contribution in [2.45, 2.75) is 32.5 Å². The van der Waals surface area contributed by atoms with E-state index in [-0.39, 0.29) is 23.9 Å². The van der Waals surface area contributed by atoms with Gasteiger partial charge in [-0.2, -0.15) is 5.10 Å². The van der Waals surface area contributed by atoms with Gasteiger partial charge in [-0.1, -0.05) is 0 Å². The standard InChI is InChI=1S/C18H23N5O5/c1-2-23-18(26)22-9-11-28-14(16(22)19-23)12-15(24)20-5-7-21(8-6-20)17(25)13-4-3-10-27-13/h3-4,10,14H,2,5-9,11-12H2,1H3. The lowest BCUT2D eigenvalue weighted by atomic mass is 10.1. The van der Waals surface area contributed by atoms with Gasteiger partial charge in [0, 0.05) is 32.7 Å². The number of hydrogen-bond acceptors (Lipinski definition) is 6. The highest BCUT2D eigenvalue weighted by atomic mass is 16.5. The average molecular weight is 389 g/mol. The Labute approximate surface area is 161 Å². The van der Waals surface area contributed by atoms with Gasteiger partial charge < -0.3 is 19.0 Å². The lowest BCUT2D eigenvalue weighted by Gasteiger charge is -2.35. The number of aromatic nitrogens is 3. The lowest BCUT2D eigenvalue weighted by Crippen LogP contribution is -2.51. The van der Waals surface area contributed by atoms with Gasteiger partial charge in [-0.25, -0.2) is 9.48 Å². The van der Waals surface area contributed by atoms with Crippen molar-refractivity contribution in [1.82, 2.24) is 24.1 Å². The molecule has 1 atom stereocenters. The normalized spacial score (nSPS) is 19.5. The number of carbonyl (C=O) groups is 2. The van der Waals surface area contributed by atoms with E-state index in [9.17, 15) is 14.4 Å². The number of piperazine rings is 1. The van der Waals surface area contributed by atoms with Crippen LogP contribution in [0.3, 0.4) is 0 Å². The summed E-state index contributed by atoms with van der Waals surface area (Å²) in [6.45, 7) is 4.97. The van der Waals surface area contributed by atoms with Crippen molar-refractivity contribution >= 4 is 11.8 Å². The zero-order valence-electron chi connectivity index (χ0n) is 15.7. The van der Waals surface area contributed by atoms with Crippen molar-refractivity contribution < 1.29 is 18.7 Å². The summed E-state index contributed by atoms with van der Waals surface area (Å²) < 4.78 is 13.9. The molecule has 0 spiro atoms. The van der Waals surface area contributed by atoms with E-state index >= 15 is 0 Å². The van der Waals surface area contributed by atoms with Crippen LogP contribution < -0.4 is 5.69 Å². The third kappa shape index (κ3) is 3.35. The average Bonchev–Trinajstić information content (AvgIpc) is 3.37. The van der Waals surface area contributed by atoms with E-state index in [4.69, 9.17) is 9.15 Å². The Balaban J connectivity index is 1.37. The number of nitrogens with zero attached hydrogens (tertiary/aromatic N) is 5. The van der Waals surface area contributed by atoms with Crippen LogP contribution in [0.15, 0.2) is 27.6 Å². The fraction of sp³-hybridized carbons (Fsp3) is 0.556. The minimum absolute atomic E-state index is 0.0676. The summed E-state index contributed by atoms with van der Waals surface area (Å²) in [6, 6.07) is 3.31. The molecule has 10 heteroatoms. The second-order valence-corrected chi connectivity index (χ2v) is 6.82. The summed E-state index contributed by atoms with van der Waals surface area (Å²) in [6.07, 6.45) is 1.08. The SMILES string of the molecule is CCn1nc2n(c1=O)CCOC2CC(=O)N1CCN(C(=O)c2ccco2)CC1. The number of rotatable bonds is 4. The molecule has 1 unspecified atom stereocenters. The molecule has 1 fully saturated rings. The van der Waals surface area contributed by atoms with Crippen molar-refractivity contribution in [3.8, 4) is 0 Å². The van der Waals surface area contributed by atoms with E-state index in [1.165, 1.54) is 10.9 Å². The summed E-state index contributed by atoms with van der Waals surface area (Å²) >= 11 is 0. The Morgan fingerprint density at radius 1 is 1.18 bits per heavy atom. The number of carbonyl (C=O) groups excluding carboxylic acids is 2. The first-order valence-corrected chi connectivity index (χ1v) is 9.48. The van der Waals surface area contributed by atoms with E-state index in [2.05, 4.69) is 5.10 Å². The largest absolute Gasteiger partial charge is 0.459 e. The lowest BCUT2D eigenvalue weighted by molar-refractivity contribution is -0.136. The molecule has 10 nitrogen and oxygen atoms in total. The Morgan fingerprint density at radius 3 is 2.61 bits per heavy atom. The van der Waals surface area contributed by atoms with E-state index in [0.29, 0.717) is 57.5 Å². The molecule has 0 aromatic carbocycles. The topological polar surface area (TPSA) is 103 Å². The van der Waals surface area contributed by atoms with E-state index in [1.807, 2.05) is 6.92 Å². The van der Waals surface area contributed by atoms with E-state index in [0.717, 1.165) is 0 Å². The highest BCUT2D eigenvalue weighted by molar-refractivity contribution is 5.91. The summed E-state index contributed by atoms with van der Waals surface area (Å²) in [7, 11) is 0. The Bertz CT molecular complexity index is 907. The van der Waals surface area contributed by atoms with Gasteiger partial charge in [0.1, 0.15) is 6.10 Å². The number of furan rings is 1. The van der Waals surface area contributed by atoms with Crippen LogP contribution in [0.25, 0.3) is 0 Å². The number of aryl methyl sites for hydroxylation is 1. The van der Waals surface area contributed by atoms with Crippen molar-refractivity contribution in [1.29, 1.82) is 0 Å². The van der Waals surface area contributed by atoms with E-state index in [1.54, 1.807) is 26.5 Å². The molecule has 0 aliphatic carbocycles. The molecule has 4 heterocycles. The van der Waals surface area contributed by atoms with Gasteiger partial charge in [-0.15, -0.1) is 0 Å². The first-order chi connectivity index (χ1) is 13.6. The molecule has 150 valence electrons. The highest BCUT2D eigenvalue weighted by Crippen LogP contribution is 2.24. The molecule has 2 aliphatic heterocycles. The van der Waals surface area contributed by atoms with Gasteiger partial charge in [0.05, 0.1) is 25.8 Å². The van der Waals surface area contributed by atoms with Crippen LogP contribution in [0.4, 0.5) is 0 Å². The maximum atomic E-state index is 12.7. The summed E-state index contributed by atoms with van der Waals surface area (Å²) in [5.74, 6) is 0.585. The fourth-order valence-corrected chi connectivity index (χ4v) is 3.63. The molecule has 1 saturated heterocycles. The van der Waals surface area contributed by atoms with Gasteiger partial charge in [0.15, 0.2) is 11.6 Å². The smallest absolute Gasteiger partial charge is 0.346 e. The van der Waals surface area contributed by atoms with Gasteiger partial charge in [-0.3, -0.25) is 14.2 Å². The Morgan fingerprint density at radius 2 is 1.93 bits per heavy atom. The molecule has 0 bridgehead atoms. The number of ether oxygens (including phenoxy) is 1. The van der Waals surface area contributed by atoms with Crippen LogP contribution in [0.5, 0.6) is 0 Å². The molecule has 4 rings (SSSR count). The summed E-state index contributed by atoms with van der Waals surface area (Å²) in [4.78, 5) is 40.7. The molecule has 0 radical (unpaired) electrons. The van der Waals surface area contributed by atoms with Crippen molar-refractivity contribution in [2.75, 3.05) is 32.8 Å². The van der Waals surface area contributed by atoms with Crippen LogP contribution in [0, 0.1) is 0 Å². The zero-order chi connectivity index (χ0) is 19.7. The molecule has 2 amide bonds. The number of amides is 2. The van der Waals surface area contributed by atoms with E-state index < -0.39 is 6.10 Å².